The van der Waals surface area contributed by atoms with Crippen molar-refractivity contribution in [3.8, 4) is 0 Å². The summed E-state index contributed by atoms with van der Waals surface area (Å²) in [5.74, 6) is -0.546. The predicted molar refractivity (Wildman–Crippen MR) is 108 cm³/mol. The molecular weight excluding hydrogens is 374 g/mol. The first-order valence-corrected chi connectivity index (χ1v) is 9.53. The number of nitro groups is 1. The number of anilines is 1. The van der Waals surface area contributed by atoms with Gasteiger partial charge in [0.2, 0.25) is 0 Å². The first-order chi connectivity index (χ1) is 14.0. The molecule has 2 aromatic carbocycles. The number of carbonyl (C=O) groups is 2. The normalized spacial score (nSPS) is 14.3. The van der Waals surface area contributed by atoms with Crippen LogP contribution in [0, 0.1) is 10.1 Å². The van der Waals surface area contributed by atoms with Crippen LogP contribution in [0.15, 0.2) is 48.5 Å². The summed E-state index contributed by atoms with van der Waals surface area (Å²) in [5.41, 5.74) is 0.840. The Bertz CT molecular complexity index is 893. The number of hydrogen-bond acceptors (Lipinski definition) is 6. The molecule has 0 radical (unpaired) electrons. The molecule has 0 bridgehead atoms. The summed E-state index contributed by atoms with van der Waals surface area (Å²) in [4.78, 5) is 37.8. The third-order valence-corrected chi connectivity index (χ3v) is 4.78. The summed E-state index contributed by atoms with van der Waals surface area (Å²) in [6, 6.07) is 12.3. The molecule has 152 valence electrons. The minimum absolute atomic E-state index is 0.0480. The number of ether oxygens (including phenoxy) is 1. The van der Waals surface area contributed by atoms with Gasteiger partial charge >= 0.3 is 0 Å². The van der Waals surface area contributed by atoms with Gasteiger partial charge in [0, 0.05) is 42.8 Å². The number of rotatable bonds is 8. The zero-order chi connectivity index (χ0) is 20.6. The van der Waals surface area contributed by atoms with Gasteiger partial charge in [0.05, 0.1) is 23.8 Å². The number of nitrogens with one attached hydrogen (secondary N) is 1. The number of morpholine rings is 1. The van der Waals surface area contributed by atoms with Crippen LogP contribution in [0.4, 0.5) is 11.4 Å². The molecule has 1 saturated heterocycles. The van der Waals surface area contributed by atoms with Crippen molar-refractivity contribution in [3.63, 3.8) is 0 Å². The van der Waals surface area contributed by atoms with Crippen LogP contribution in [0.2, 0.25) is 0 Å². The van der Waals surface area contributed by atoms with Gasteiger partial charge in [-0.25, -0.2) is 0 Å². The third kappa shape index (κ3) is 5.69. The van der Waals surface area contributed by atoms with E-state index in [2.05, 4.69) is 10.2 Å². The molecular formula is C21H23N3O5. The molecule has 1 amide bonds. The minimum atomic E-state index is -0.553. The van der Waals surface area contributed by atoms with Crippen LogP contribution >= 0.6 is 0 Å². The van der Waals surface area contributed by atoms with Crippen molar-refractivity contribution in [1.82, 2.24) is 4.90 Å². The van der Waals surface area contributed by atoms with Crippen LogP contribution in [0.25, 0.3) is 0 Å². The second kappa shape index (κ2) is 9.90. The lowest BCUT2D eigenvalue weighted by molar-refractivity contribution is -0.384. The molecule has 0 unspecified atom stereocenters. The number of carbonyl (C=O) groups excluding carboxylic acids is 2. The molecule has 3 rings (SSSR count). The van der Waals surface area contributed by atoms with Crippen LogP contribution in [-0.4, -0.2) is 54.4 Å². The van der Waals surface area contributed by atoms with Gasteiger partial charge in [0.1, 0.15) is 0 Å². The van der Waals surface area contributed by atoms with Gasteiger partial charge < -0.3 is 10.1 Å². The Hall–Kier alpha value is -3.10. The molecule has 1 aliphatic heterocycles. The zero-order valence-corrected chi connectivity index (χ0v) is 16.0. The number of hydrogen-bond donors (Lipinski definition) is 1. The largest absolute Gasteiger partial charge is 0.379 e. The molecule has 2 aromatic rings. The number of Topliss-reactive ketones (excluding diaryl/α,β-unsaturated/α-hetero) is 1. The average Bonchev–Trinajstić information content (AvgIpc) is 2.75. The maximum atomic E-state index is 12.7. The standard InChI is InChI=1S/C21H23N3O5/c25-20(9-4-10-23-11-13-29-14-12-23)18-7-1-2-8-19(18)22-21(26)16-5-3-6-17(15-16)24(27)28/h1-3,5-8,15H,4,9-14H2,(H,22,26). The van der Waals surface area contributed by atoms with E-state index in [-0.39, 0.29) is 17.0 Å². The number of benzene rings is 2. The van der Waals surface area contributed by atoms with Crippen molar-refractivity contribution in [2.24, 2.45) is 0 Å². The highest BCUT2D eigenvalue weighted by atomic mass is 16.6. The van der Waals surface area contributed by atoms with E-state index >= 15 is 0 Å². The van der Waals surface area contributed by atoms with E-state index in [0.717, 1.165) is 39.3 Å². The molecule has 0 aromatic heterocycles. The second-order valence-corrected chi connectivity index (χ2v) is 6.79. The number of ketones is 1. The van der Waals surface area contributed by atoms with Gasteiger partial charge in [0.15, 0.2) is 5.78 Å². The van der Waals surface area contributed by atoms with Crippen LogP contribution in [-0.2, 0) is 4.74 Å². The molecule has 1 heterocycles. The molecule has 1 N–H and O–H groups in total. The molecule has 1 fully saturated rings. The molecule has 29 heavy (non-hydrogen) atoms. The Morgan fingerprint density at radius 1 is 1.10 bits per heavy atom. The van der Waals surface area contributed by atoms with Gasteiger partial charge in [-0.15, -0.1) is 0 Å². The van der Waals surface area contributed by atoms with Crippen molar-refractivity contribution in [3.05, 3.63) is 69.8 Å². The number of amides is 1. The number of para-hydroxylation sites is 1. The smallest absolute Gasteiger partial charge is 0.270 e. The number of nitro benzene ring substituents is 1. The molecule has 0 spiro atoms. The topological polar surface area (TPSA) is 102 Å². The van der Waals surface area contributed by atoms with Gasteiger partial charge in [-0.1, -0.05) is 18.2 Å². The Morgan fingerprint density at radius 2 is 1.86 bits per heavy atom. The van der Waals surface area contributed by atoms with Gasteiger partial charge in [0.25, 0.3) is 11.6 Å². The summed E-state index contributed by atoms with van der Waals surface area (Å²) < 4.78 is 5.32. The molecule has 8 nitrogen and oxygen atoms in total. The average molecular weight is 397 g/mol. The fourth-order valence-corrected chi connectivity index (χ4v) is 3.21. The molecule has 8 heteroatoms. The van der Waals surface area contributed by atoms with Crippen LogP contribution < -0.4 is 5.32 Å². The van der Waals surface area contributed by atoms with Crippen LogP contribution in [0.1, 0.15) is 33.6 Å². The van der Waals surface area contributed by atoms with Crippen LogP contribution in [0.5, 0.6) is 0 Å². The SMILES string of the molecule is O=C(Nc1ccccc1C(=O)CCCN1CCOCC1)c1cccc([N+](=O)[O-])c1. The summed E-state index contributed by atoms with van der Waals surface area (Å²) >= 11 is 0. The summed E-state index contributed by atoms with van der Waals surface area (Å²) in [6.07, 6.45) is 1.10. The summed E-state index contributed by atoms with van der Waals surface area (Å²) in [6.45, 7) is 4.03. The Kier molecular flexibility index (Phi) is 7.04. The molecule has 1 aliphatic rings. The van der Waals surface area contributed by atoms with Crippen molar-refractivity contribution >= 4 is 23.1 Å². The Labute approximate surface area is 168 Å². The van der Waals surface area contributed by atoms with Gasteiger partial charge in [-0.05, 0) is 31.2 Å². The molecule has 0 atom stereocenters. The van der Waals surface area contributed by atoms with Crippen molar-refractivity contribution in [1.29, 1.82) is 0 Å². The van der Waals surface area contributed by atoms with Crippen molar-refractivity contribution < 1.29 is 19.2 Å². The monoisotopic (exact) mass is 397 g/mol. The first kappa shape index (κ1) is 20.6. The highest BCUT2D eigenvalue weighted by molar-refractivity contribution is 6.09. The highest BCUT2D eigenvalue weighted by Gasteiger charge is 2.17. The lowest BCUT2D eigenvalue weighted by atomic mass is 10.0. The van der Waals surface area contributed by atoms with E-state index in [1.165, 1.54) is 24.3 Å². The van der Waals surface area contributed by atoms with E-state index in [1.54, 1.807) is 24.3 Å². The lowest BCUT2D eigenvalue weighted by Gasteiger charge is -2.26. The van der Waals surface area contributed by atoms with E-state index in [1.807, 2.05) is 0 Å². The maximum Gasteiger partial charge on any atom is 0.270 e. The van der Waals surface area contributed by atoms with Crippen molar-refractivity contribution in [2.75, 3.05) is 38.2 Å². The van der Waals surface area contributed by atoms with Crippen molar-refractivity contribution in [2.45, 2.75) is 12.8 Å². The quantitative estimate of drug-likeness (QED) is 0.417. The predicted octanol–water partition coefficient (Wildman–Crippen LogP) is 3.14. The number of non-ortho nitro benzene ring substituents is 1. The Morgan fingerprint density at radius 3 is 2.62 bits per heavy atom. The summed E-state index contributed by atoms with van der Waals surface area (Å²) in [5, 5.41) is 13.6. The number of nitrogens with zero attached hydrogens (tertiary/aromatic N) is 2. The highest BCUT2D eigenvalue weighted by Crippen LogP contribution is 2.20. The second-order valence-electron chi connectivity index (χ2n) is 6.79. The fraction of sp³-hybridized carbons (Fsp3) is 0.333. The van der Waals surface area contributed by atoms with E-state index in [9.17, 15) is 19.7 Å². The lowest BCUT2D eigenvalue weighted by Crippen LogP contribution is -2.36. The van der Waals surface area contributed by atoms with E-state index in [4.69, 9.17) is 4.74 Å². The van der Waals surface area contributed by atoms with E-state index in [0.29, 0.717) is 17.7 Å². The molecule has 0 aliphatic carbocycles. The van der Waals surface area contributed by atoms with E-state index < -0.39 is 10.8 Å². The van der Waals surface area contributed by atoms with Crippen LogP contribution in [0.3, 0.4) is 0 Å². The summed E-state index contributed by atoms with van der Waals surface area (Å²) in [7, 11) is 0. The maximum absolute atomic E-state index is 12.7. The zero-order valence-electron chi connectivity index (χ0n) is 16.0. The fourth-order valence-electron chi connectivity index (χ4n) is 3.21. The molecule has 0 saturated carbocycles. The third-order valence-electron chi connectivity index (χ3n) is 4.78. The Balaban J connectivity index is 1.63. The van der Waals surface area contributed by atoms with Gasteiger partial charge in [-0.2, -0.15) is 0 Å². The van der Waals surface area contributed by atoms with Gasteiger partial charge in [-0.3, -0.25) is 24.6 Å². The minimum Gasteiger partial charge on any atom is -0.379 e. The first-order valence-electron chi connectivity index (χ1n) is 9.53.